The van der Waals surface area contributed by atoms with Crippen LogP contribution < -0.4 is 5.32 Å². The van der Waals surface area contributed by atoms with Crippen LogP contribution in [0, 0.1) is 11.3 Å². The summed E-state index contributed by atoms with van der Waals surface area (Å²) < 4.78 is 5.37. The van der Waals surface area contributed by atoms with E-state index in [1.807, 2.05) is 6.92 Å². The molecule has 0 bridgehead atoms. The largest absolute Gasteiger partial charge is 0.378 e. The van der Waals surface area contributed by atoms with E-state index in [9.17, 15) is 9.59 Å². The number of hydrogen-bond donors (Lipinski definition) is 1. The summed E-state index contributed by atoms with van der Waals surface area (Å²) in [5, 5.41) is 12.0. The number of hydrogen-bond acceptors (Lipinski definition) is 4. The zero-order valence-corrected chi connectivity index (χ0v) is 15.3. The monoisotopic (exact) mass is 366 g/mol. The zero-order chi connectivity index (χ0) is 19.0. The molecule has 1 aromatic rings. The molecule has 1 saturated heterocycles. The molecule has 0 radical (unpaired) electrons. The third kappa shape index (κ3) is 3.28. The second-order valence-electron chi connectivity index (χ2n) is 7.12. The Bertz CT molecular complexity index is 830. The molecule has 27 heavy (non-hydrogen) atoms. The van der Waals surface area contributed by atoms with Gasteiger partial charge in [-0.05, 0) is 37.5 Å². The molecule has 1 aliphatic carbocycles. The van der Waals surface area contributed by atoms with E-state index in [0.29, 0.717) is 37.4 Å². The fourth-order valence-corrected chi connectivity index (χ4v) is 3.74. The molecule has 0 unspecified atom stereocenters. The van der Waals surface area contributed by atoms with Crippen molar-refractivity contribution in [3.8, 4) is 6.07 Å². The highest BCUT2D eigenvalue weighted by atomic mass is 16.5. The smallest absolute Gasteiger partial charge is 0.322 e. The van der Waals surface area contributed by atoms with Crippen molar-refractivity contribution in [1.82, 2.24) is 15.1 Å². The lowest BCUT2D eigenvalue weighted by Gasteiger charge is -2.38. The van der Waals surface area contributed by atoms with Crippen molar-refractivity contribution in [2.75, 3.05) is 26.3 Å². The number of urea groups is 1. The number of nitrogens with one attached hydrogen (secondary N) is 1. The maximum absolute atomic E-state index is 13.3. The van der Waals surface area contributed by atoms with Crippen LogP contribution in [0.1, 0.15) is 36.9 Å². The van der Waals surface area contributed by atoms with Crippen LogP contribution in [0.2, 0.25) is 0 Å². The van der Waals surface area contributed by atoms with E-state index < -0.39 is 6.04 Å². The number of ether oxygens (including phenoxy) is 1. The first kappa shape index (κ1) is 17.6. The van der Waals surface area contributed by atoms with Gasteiger partial charge < -0.3 is 15.0 Å². The molecule has 140 valence electrons. The number of carbonyl (C=O) groups excluding carboxylic acids is 2. The van der Waals surface area contributed by atoms with E-state index in [1.165, 1.54) is 0 Å². The highest BCUT2D eigenvalue weighted by Crippen LogP contribution is 2.38. The van der Waals surface area contributed by atoms with E-state index >= 15 is 0 Å². The Hall–Kier alpha value is -2.85. The first-order valence-corrected chi connectivity index (χ1v) is 9.27. The molecule has 3 aliphatic rings. The van der Waals surface area contributed by atoms with Crippen LogP contribution in [0.5, 0.6) is 0 Å². The van der Waals surface area contributed by atoms with E-state index in [-0.39, 0.29) is 18.0 Å². The van der Waals surface area contributed by atoms with Crippen LogP contribution >= 0.6 is 0 Å². The molecule has 1 aromatic carbocycles. The fraction of sp³-hybridized carbons (Fsp3) is 0.450. The van der Waals surface area contributed by atoms with Crippen molar-refractivity contribution < 1.29 is 14.3 Å². The normalized spacial score (nSPS) is 23.1. The van der Waals surface area contributed by atoms with E-state index in [1.54, 1.807) is 34.1 Å². The van der Waals surface area contributed by atoms with Gasteiger partial charge in [0.15, 0.2) is 0 Å². The standard InChI is InChI=1S/C20H22N4O3/c1-13-17(19(25)23-8-10-27-11-9-23)18(15-4-2-14(12-21)3-5-15)22-20(26)24(13)16-6-7-16/h2-5,16,18H,6-11H2,1H3,(H,22,26)/t18-/m0/s1. The second kappa shape index (κ2) is 7.05. The lowest BCUT2D eigenvalue weighted by Crippen LogP contribution is -2.51. The van der Waals surface area contributed by atoms with Crippen molar-refractivity contribution in [2.24, 2.45) is 0 Å². The number of carbonyl (C=O) groups is 2. The molecule has 2 fully saturated rings. The third-order valence-electron chi connectivity index (χ3n) is 5.34. The van der Waals surface area contributed by atoms with Gasteiger partial charge in [0, 0.05) is 24.8 Å². The molecule has 7 nitrogen and oxygen atoms in total. The van der Waals surface area contributed by atoms with Crippen LogP contribution in [0.15, 0.2) is 35.5 Å². The molecule has 0 spiro atoms. The van der Waals surface area contributed by atoms with Crippen LogP contribution in [-0.4, -0.2) is 54.1 Å². The number of amides is 3. The van der Waals surface area contributed by atoms with Gasteiger partial charge in [0.1, 0.15) is 0 Å². The predicted molar refractivity (Wildman–Crippen MR) is 97.4 cm³/mol. The first-order valence-electron chi connectivity index (χ1n) is 9.27. The van der Waals surface area contributed by atoms with Crippen LogP contribution in [-0.2, 0) is 9.53 Å². The van der Waals surface area contributed by atoms with Gasteiger partial charge in [-0.25, -0.2) is 4.79 Å². The van der Waals surface area contributed by atoms with Gasteiger partial charge in [-0.15, -0.1) is 0 Å². The maximum atomic E-state index is 13.3. The predicted octanol–water partition coefficient (Wildman–Crippen LogP) is 1.92. The number of allylic oxidation sites excluding steroid dienone is 1. The molecule has 3 amide bonds. The van der Waals surface area contributed by atoms with E-state index in [2.05, 4.69) is 11.4 Å². The molecule has 7 heteroatoms. The van der Waals surface area contributed by atoms with Crippen molar-refractivity contribution >= 4 is 11.9 Å². The van der Waals surface area contributed by atoms with Gasteiger partial charge in [0.05, 0.1) is 36.5 Å². The summed E-state index contributed by atoms with van der Waals surface area (Å²) in [5.74, 6) is -0.0594. The number of benzene rings is 1. The summed E-state index contributed by atoms with van der Waals surface area (Å²) in [7, 11) is 0. The fourth-order valence-electron chi connectivity index (χ4n) is 3.74. The molecule has 1 atom stereocenters. The summed E-state index contributed by atoms with van der Waals surface area (Å²) >= 11 is 0. The summed E-state index contributed by atoms with van der Waals surface area (Å²) in [6.45, 7) is 4.01. The van der Waals surface area contributed by atoms with E-state index in [0.717, 1.165) is 24.1 Å². The van der Waals surface area contributed by atoms with Gasteiger partial charge in [-0.2, -0.15) is 5.26 Å². The number of nitriles is 1. The Kier molecular flexibility index (Phi) is 4.58. The summed E-state index contributed by atoms with van der Waals surface area (Å²) in [4.78, 5) is 29.6. The van der Waals surface area contributed by atoms with Gasteiger partial charge in [0.2, 0.25) is 0 Å². The van der Waals surface area contributed by atoms with Gasteiger partial charge in [0.25, 0.3) is 5.91 Å². The topological polar surface area (TPSA) is 85.7 Å². The SMILES string of the molecule is CC1=C(C(=O)N2CCOCC2)[C@H](c2ccc(C#N)cc2)NC(=O)N1C1CC1. The minimum atomic E-state index is -0.518. The highest BCUT2D eigenvalue weighted by Gasteiger charge is 2.43. The lowest BCUT2D eigenvalue weighted by atomic mass is 9.93. The van der Waals surface area contributed by atoms with Crippen LogP contribution in [0.3, 0.4) is 0 Å². The Morgan fingerprint density at radius 1 is 1.22 bits per heavy atom. The van der Waals surface area contributed by atoms with Gasteiger partial charge >= 0.3 is 6.03 Å². The molecular weight excluding hydrogens is 344 g/mol. The van der Waals surface area contributed by atoms with Crippen molar-refractivity contribution in [1.29, 1.82) is 5.26 Å². The number of nitrogens with zero attached hydrogens (tertiary/aromatic N) is 3. The minimum Gasteiger partial charge on any atom is -0.378 e. The Morgan fingerprint density at radius 2 is 1.89 bits per heavy atom. The second-order valence-corrected chi connectivity index (χ2v) is 7.12. The molecule has 4 rings (SSSR count). The molecule has 2 heterocycles. The third-order valence-corrected chi connectivity index (χ3v) is 5.34. The molecule has 1 N–H and O–H groups in total. The summed E-state index contributed by atoms with van der Waals surface area (Å²) in [5.41, 5.74) is 2.68. The van der Waals surface area contributed by atoms with Crippen molar-refractivity contribution in [3.63, 3.8) is 0 Å². The van der Waals surface area contributed by atoms with Gasteiger partial charge in [-0.3, -0.25) is 9.69 Å². The average molecular weight is 366 g/mol. The average Bonchev–Trinajstić information content (AvgIpc) is 3.53. The van der Waals surface area contributed by atoms with Crippen molar-refractivity contribution in [2.45, 2.75) is 31.8 Å². The van der Waals surface area contributed by atoms with E-state index in [4.69, 9.17) is 10.00 Å². The van der Waals surface area contributed by atoms with Crippen LogP contribution in [0.25, 0.3) is 0 Å². The summed E-state index contributed by atoms with van der Waals surface area (Å²) in [6, 6.07) is 8.61. The summed E-state index contributed by atoms with van der Waals surface area (Å²) in [6.07, 6.45) is 1.93. The van der Waals surface area contributed by atoms with Crippen LogP contribution in [0.4, 0.5) is 4.79 Å². The molecule has 2 aliphatic heterocycles. The highest BCUT2D eigenvalue weighted by molar-refractivity contribution is 5.98. The number of morpholine rings is 1. The molecule has 1 saturated carbocycles. The molecular formula is C20H22N4O3. The Balaban J connectivity index is 1.74. The first-order chi connectivity index (χ1) is 13.1. The maximum Gasteiger partial charge on any atom is 0.322 e. The lowest BCUT2D eigenvalue weighted by molar-refractivity contribution is -0.131. The zero-order valence-electron chi connectivity index (χ0n) is 15.3. The van der Waals surface area contributed by atoms with Gasteiger partial charge in [-0.1, -0.05) is 12.1 Å². The van der Waals surface area contributed by atoms with Crippen molar-refractivity contribution in [3.05, 3.63) is 46.7 Å². The minimum absolute atomic E-state index is 0.0594. The Labute approximate surface area is 158 Å². The molecule has 0 aromatic heterocycles. The number of rotatable bonds is 3. The quantitative estimate of drug-likeness (QED) is 0.886. The Morgan fingerprint density at radius 3 is 2.48 bits per heavy atom.